The van der Waals surface area contributed by atoms with Gasteiger partial charge in [-0.05, 0) is 46.8 Å². The number of halogens is 1. The van der Waals surface area contributed by atoms with E-state index in [1.165, 1.54) is 11.0 Å². The number of rotatable bonds is 4. The van der Waals surface area contributed by atoms with Crippen molar-refractivity contribution >= 4 is 27.7 Å². The molecule has 0 aromatic carbocycles. The summed E-state index contributed by atoms with van der Waals surface area (Å²) in [7, 11) is 0. The van der Waals surface area contributed by atoms with Crippen LogP contribution in [0.1, 0.15) is 12.8 Å². The lowest BCUT2D eigenvalue weighted by Gasteiger charge is -2.25. The Morgan fingerprint density at radius 3 is 2.86 bits per heavy atom. The van der Waals surface area contributed by atoms with Gasteiger partial charge in [-0.3, -0.25) is 14.5 Å². The summed E-state index contributed by atoms with van der Waals surface area (Å²) in [6.07, 6.45) is 4.56. The Hall–Kier alpha value is -1.73. The van der Waals surface area contributed by atoms with Gasteiger partial charge < -0.3 is 9.47 Å². The molecule has 1 fully saturated rings. The smallest absolute Gasteiger partial charge is 0.296 e. The summed E-state index contributed by atoms with van der Waals surface area (Å²) in [6, 6.07) is 3.37. The summed E-state index contributed by atoms with van der Waals surface area (Å²) in [4.78, 5) is 29.6. The number of imide groups is 1. The number of ether oxygens (including phenoxy) is 2. The van der Waals surface area contributed by atoms with Crippen LogP contribution in [-0.2, 0) is 14.3 Å². The van der Waals surface area contributed by atoms with Crippen molar-refractivity contribution in [3.05, 3.63) is 34.8 Å². The van der Waals surface area contributed by atoms with Gasteiger partial charge in [-0.25, -0.2) is 4.98 Å². The van der Waals surface area contributed by atoms with Crippen LogP contribution in [0.25, 0.3) is 0 Å². The first-order valence-corrected chi connectivity index (χ1v) is 7.88. The topological polar surface area (TPSA) is 68.7 Å². The average Bonchev–Trinajstić information content (AvgIpc) is 2.78. The van der Waals surface area contributed by atoms with Gasteiger partial charge in [-0.15, -0.1) is 0 Å². The summed E-state index contributed by atoms with van der Waals surface area (Å²) >= 11 is 3.25. The highest BCUT2D eigenvalue weighted by atomic mass is 79.9. The largest absolute Gasteiger partial charge is 0.448 e. The number of hydrogen-bond donors (Lipinski definition) is 0. The van der Waals surface area contributed by atoms with Gasteiger partial charge in [0, 0.05) is 26.0 Å². The minimum absolute atomic E-state index is 0.0331. The summed E-state index contributed by atoms with van der Waals surface area (Å²) in [5.41, 5.74) is 0. The molecule has 1 aromatic rings. The summed E-state index contributed by atoms with van der Waals surface area (Å²) < 4.78 is 11.3. The Balaban J connectivity index is 1.67. The van der Waals surface area contributed by atoms with Crippen molar-refractivity contribution in [1.82, 2.24) is 9.88 Å². The molecule has 1 aromatic heterocycles. The van der Waals surface area contributed by atoms with Crippen molar-refractivity contribution < 1.29 is 19.1 Å². The molecule has 7 heteroatoms. The third-order valence-corrected chi connectivity index (χ3v) is 4.30. The fourth-order valence-electron chi connectivity index (χ4n) is 2.48. The molecular weight excluding hydrogens is 352 g/mol. The highest BCUT2D eigenvalue weighted by Crippen LogP contribution is 2.26. The number of hydrogen-bond acceptors (Lipinski definition) is 5. The maximum Gasteiger partial charge on any atom is 0.296 e. The van der Waals surface area contributed by atoms with Crippen molar-refractivity contribution in [3.63, 3.8) is 0 Å². The van der Waals surface area contributed by atoms with E-state index < -0.39 is 5.91 Å². The van der Waals surface area contributed by atoms with Crippen LogP contribution in [0.15, 0.2) is 34.8 Å². The van der Waals surface area contributed by atoms with Crippen LogP contribution in [-0.4, -0.2) is 41.5 Å². The van der Waals surface area contributed by atoms with E-state index in [1.807, 2.05) is 0 Å². The molecule has 0 unspecified atom stereocenters. The number of carbonyl (C=O) groups excluding carboxylic acids is 2. The Kier molecular flexibility index (Phi) is 4.54. The second-order valence-corrected chi connectivity index (χ2v) is 5.96. The van der Waals surface area contributed by atoms with E-state index in [1.54, 1.807) is 18.3 Å². The zero-order valence-corrected chi connectivity index (χ0v) is 13.4. The summed E-state index contributed by atoms with van der Waals surface area (Å²) in [6.45, 7) is 1.78. The van der Waals surface area contributed by atoms with E-state index in [0.29, 0.717) is 36.0 Å². The predicted molar refractivity (Wildman–Crippen MR) is 80.9 cm³/mol. The Morgan fingerprint density at radius 2 is 2.14 bits per heavy atom. The number of aromatic nitrogens is 1. The lowest BCUT2D eigenvalue weighted by atomic mass is 10.00. The molecular formula is C15H15BrN2O4. The Labute approximate surface area is 136 Å². The van der Waals surface area contributed by atoms with Gasteiger partial charge in [0.25, 0.3) is 11.8 Å². The third kappa shape index (κ3) is 3.20. The standard InChI is InChI=1S/C15H15BrN2O4/c16-14-11(2-1-5-17-14)22-12-8-13(19)18(15(12)20)9-10-3-6-21-7-4-10/h1-2,5,8,10H,3-4,6-7,9H2. The lowest BCUT2D eigenvalue weighted by molar-refractivity contribution is -0.139. The van der Waals surface area contributed by atoms with Crippen molar-refractivity contribution in [2.45, 2.75) is 12.8 Å². The molecule has 0 bridgehead atoms. The van der Waals surface area contributed by atoms with Crippen LogP contribution >= 0.6 is 15.9 Å². The van der Waals surface area contributed by atoms with Gasteiger partial charge in [0.15, 0.2) is 11.5 Å². The van der Waals surface area contributed by atoms with Gasteiger partial charge in [0.05, 0.1) is 6.08 Å². The first kappa shape index (κ1) is 15.2. The van der Waals surface area contributed by atoms with Crippen LogP contribution in [0.5, 0.6) is 5.75 Å². The molecule has 0 radical (unpaired) electrons. The molecule has 22 heavy (non-hydrogen) atoms. The molecule has 0 spiro atoms. The highest BCUT2D eigenvalue weighted by molar-refractivity contribution is 9.10. The minimum atomic E-state index is -0.396. The van der Waals surface area contributed by atoms with Crippen LogP contribution in [0.4, 0.5) is 0 Å². The SMILES string of the molecule is O=C1C=C(Oc2cccnc2Br)C(=O)N1CC1CCOCC1. The Morgan fingerprint density at radius 1 is 1.36 bits per heavy atom. The first-order chi connectivity index (χ1) is 10.6. The van der Waals surface area contributed by atoms with E-state index >= 15 is 0 Å². The van der Waals surface area contributed by atoms with E-state index in [0.717, 1.165) is 12.8 Å². The third-order valence-electron chi connectivity index (χ3n) is 3.70. The normalized spacial score (nSPS) is 19.5. The lowest BCUT2D eigenvalue weighted by Crippen LogP contribution is -2.37. The number of amides is 2. The maximum absolute atomic E-state index is 12.4. The molecule has 0 N–H and O–H groups in total. The van der Waals surface area contributed by atoms with Crippen LogP contribution in [0, 0.1) is 5.92 Å². The molecule has 116 valence electrons. The minimum Gasteiger partial charge on any atom is -0.448 e. The molecule has 0 aliphatic carbocycles. The average molecular weight is 367 g/mol. The van der Waals surface area contributed by atoms with Crippen molar-refractivity contribution in [2.75, 3.05) is 19.8 Å². The first-order valence-electron chi connectivity index (χ1n) is 7.09. The number of nitrogens with zero attached hydrogens (tertiary/aromatic N) is 2. The molecule has 3 heterocycles. The molecule has 6 nitrogen and oxygen atoms in total. The van der Waals surface area contributed by atoms with E-state index in [9.17, 15) is 9.59 Å². The van der Waals surface area contributed by atoms with Crippen LogP contribution < -0.4 is 4.74 Å². The van der Waals surface area contributed by atoms with Gasteiger partial charge in [0.1, 0.15) is 4.60 Å². The molecule has 1 saturated heterocycles. The summed E-state index contributed by atoms with van der Waals surface area (Å²) in [5, 5.41) is 0. The molecule has 0 saturated carbocycles. The van der Waals surface area contributed by atoms with Gasteiger partial charge in [0.2, 0.25) is 0 Å². The van der Waals surface area contributed by atoms with E-state index in [4.69, 9.17) is 9.47 Å². The summed E-state index contributed by atoms with van der Waals surface area (Å²) in [5.74, 6) is 0.00635. The molecule has 2 aliphatic heterocycles. The van der Waals surface area contributed by atoms with Gasteiger partial charge in [-0.2, -0.15) is 0 Å². The zero-order valence-electron chi connectivity index (χ0n) is 11.8. The van der Waals surface area contributed by atoms with E-state index in [2.05, 4.69) is 20.9 Å². The van der Waals surface area contributed by atoms with Crippen LogP contribution in [0.2, 0.25) is 0 Å². The monoisotopic (exact) mass is 366 g/mol. The maximum atomic E-state index is 12.4. The van der Waals surface area contributed by atoms with Crippen molar-refractivity contribution in [3.8, 4) is 5.75 Å². The quantitative estimate of drug-likeness (QED) is 0.601. The van der Waals surface area contributed by atoms with Gasteiger partial charge >= 0.3 is 0 Å². The fraction of sp³-hybridized carbons (Fsp3) is 0.400. The van der Waals surface area contributed by atoms with Crippen molar-refractivity contribution in [2.24, 2.45) is 5.92 Å². The Bertz CT molecular complexity index is 626. The van der Waals surface area contributed by atoms with Gasteiger partial charge in [-0.1, -0.05) is 0 Å². The molecule has 3 rings (SSSR count). The number of pyridine rings is 1. The van der Waals surface area contributed by atoms with Crippen molar-refractivity contribution in [1.29, 1.82) is 0 Å². The second kappa shape index (κ2) is 6.58. The van der Waals surface area contributed by atoms with Crippen LogP contribution in [0.3, 0.4) is 0 Å². The zero-order chi connectivity index (χ0) is 15.5. The molecule has 2 aliphatic rings. The highest BCUT2D eigenvalue weighted by Gasteiger charge is 2.35. The molecule has 2 amide bonds. The number of carbonyl (C=O) groups is 2. The second-order valence-electron chi connectivity index (χ2n) is 5.21. The predicted octanol–water partition coefficient (Wildman–Crippen LogP) is 1.90. The van der Waals surface area contributed by atoms with E-state index in [-0.39, 0.29) is 11.7 Å². The fourth-order valence-corrected chi connectivity index (χ4v) is 2.82. The molecule has 0 atom stereocenters.